The summed E-state index contributed by atoms with van der Waals surface area (Å²) in [6.07, 6.45) is 2.26. The van der Waals surface area contributed by atoms with E-state index >= 15 is 0 Å². The molecule has 1 amide bonds. The minimum atomic E-state index is -0.103. The molecule has 8 heteroatoms. The number of aryl methyl sites for hydroxylation is 2. The number of fused-ring (bicyclic) bond motifs is 1. The van der Waals surface area contributed by atoms with Gasteiger partial charge in [-0.2, -0.15) is 0 Å². The second kappa shape index (κ2) is 11.0. The first-order valence-electron chi connectivity index (χ1n) is 10.5. The fourth-order valence-corrected chi connectivity index (χ4v) is 3.69. The van der Waals surface area contributed by atoms with Crippen LogP contribution in [0.15, 0.2) is 52.9 Å². The number of amides is 1. The second-order valence-electron chi connectivity index (χ2n) is 7.44. The summed E-state index contributed by atoms with van der Waals surface area (Å²) in [7, 11) is 1.58. The van der Waals surface area contributed by atoms with Crippen LogP contribution in [0.2, 0.25) is 0 Å². The average Bonchev–Trinajstić information content (AvgIpc) is 3.23. The quantitative estimate of drug-likeness (QED) is 0.557. The molecule has 0 aliphatic carbocycles. The van der Waals surface area contributed by atoms with Gasteiger partial charge in [-0.05, 0) is 24.1 Å². The molecule has 2 heterocycles. The number of nitrogens with zero attached hydrogens (tertiary/aromatic N) is 2. The van der Waals surface area contributed by atoms with Crippen molar-refractivity contribution >= 4 is 18.3 Å². The number of benzene rings is 2. The normalized spacial score (nSPS) is 12.6. The van der Waals surface area contributed by atoms with Crippen molar-refractivity contribution in [3.63, 3.8) is 0 Å². The highest BCUT2D eigenvalue weighted by atomic mass is 35.5. The lowest BCUT2D eigenvalue weighted by molar-refractivity contribution is 0.0723. The number of hydrogen-bond donors (Lipinski definition) is 1. The monoisotopic (exact) mass is 457 g/mol. The van der Waals surface area contributed by atoms with Crippen LogP contribution in [-0.2, 0) is 25.8 Å². The van der Waals surface area contributed by atoms with Gasteiger partial charge in [0.05, 0.1) is 19.2 Å². The van der Waals surface area contributed by atoms with Crippen molar-refractivity contribution in [3.05, 3.63) is 77.0 Å². The molecule has 0 saturated heterocycles. The Morgan fingerprint density at radius 2 is 2.00 bits per heavy atom. The summed E-state index contributed by atoms with van der Waals surface area (Å²) in [6.45, 7) is 1.68. The van der Waals surface area contributed by atoms with Crippen molar-refractivity contribution in [2.24, 2.45) is 5.73 Å². The van der Waals surface area contributed by atoms with Crippen LogP contribution in [0.1, 0.15) is 33.3 Å². The molecule has 1 aliphatic rings. The van der Waals surface area contributed by atoms with Crippen molar-refractivity contribution in [2.45, 2.75) is 25.8 Å². The van der Waals surface area contributed by atoms with Gasteiger partial charge in [-0.3, -0.25) is 4.79 Å². The highest BCUT2D eigenvalue weighted by Gasteiger charge is 2.28. The summed E-state index contributed by atoms with van der Waals surface area (Å²) in [5.41, 5.74) is 8.14. The maximum Gasteiger partial charge on any atom is 0.257 e. The lowest BCUT2D eigenvalue weighted by atomic mass is 10.1. The number of nitrogens with two attached hydrogens (primary N) is 1. The predicted molar refractivity (Wildman–Crippen MR) is 124 cm³/mol. The van der Waals surface area contributed by atoms with Crippen LogP contribution in [0.4, 0.5) is 0 Å². The van der Waals surface area contributed by atoms with Crippen molar-refractivity contribution in [1.82, 2.24) is 9.88 Å². The first kappa shape index (κ1) is 23.6. The molecular weight excluding hydrogens is 430 g/mol. The smallest absolute Gasteiger partial charge is 0.257 e. The van der Waals surface area contributed by atoms with Crippen LogP contribution in [-0.4, -0.2) is 42.6 Å². The summed E-state index contributed by atoms with van der Waals surface area (Å²) >= 11 is 0. The topological polar surface area (TPSA) is 90.8 Å². The predicted octanol–water partition coefficient (Wildman–Crippen LogP) is 3.43. The third-order valence-electron chi connectivity index (χ3n) is 5.32. The molecule has 170 valence electrons. The number of ether oxygens (including phenoxy) is 2. The fraction of sp³-hybridized carbons (Fsp3) is 0.333. The zero-order valence-electron chi connectivity index (χ0n) is 18.1. The van der Waals surface area contributed by atoms with E-state index in [2.05, 4.69) is 17.1 Å². The molecule has 0 spiro atoms. The highest BCUT2D eigenvalue weighted by molar-refractivity contribution is 5.97. The van der Waals surface area contributed by atoms with Crippen LogP contribution in [0.3, 0.4) is 0 Å². The maximum atomic E-state index is 13.2. The van der Waals surface area contributed by atoms with Gasteiger partial charge in [0.2, 0.25) is 0 Å². The van der Waals surface area contributed by atoms with E-state index in [9.17, 15) is 4.79 Å². The average molecular weight is 458 g/mol. The lowest BCUT2D eigenvalue weighted by Gasteiger charge is -2.26. The van der Waals surface area contributed by atoms with Crippen LogP contribution in [0, 0.1) is 0 Å². The number of methoxy groups -OCH3 is 1. The molecule has 2 aromatic carbocycles. The molecule has 1 aliphatic heterocycles. The van der Waals surface area contributed by atoms with E-state index < -0.39 is 0 Å². The molecule has 0 radical (unpaired) electrons. The van der Waals surface area contributed by atoms with E-state index in [1.54, 1.807) is 30.2 Å². The minimum absolute atomic E-state index is 0. The minimum Gasteiger partial charge on any atom is -0.497 e. The highest BCUT2D eigenvalue weighted by Crippen LogP contribution is 2.28. The standard InChI is InChI=1S/C24H27N3O4.ClH/c1-29-18-8-9-19(22(15-18)30-14-12-25)24(28)27-13-11-21-20(16-27)26-23(31-21)10-7-17-5-3-2-4-6-17;/h2-6,8-9,15H,7,10-14,16,25H2,1H3;1H. The van der Waals surface area contributed by atoms with E-state index in [-0.39, 0.29) is 18.3 Å². The summed E-state index contributed by atoms with van der Waals surface area (Å²) in [4.78, 5) is 19.7. The lowest BCUT2D eigenvalue weighted by Crippen LogP contribution is -2.36. The van der Waals surface area contributed by atoms with Gasteiger partial charge in [0.1, 0.15) is 29.6 Å². The van der Waals surface area contributed by atoms with Gasteiger partial charge in [0.15, 0.2) is 5.89 Å². The van der Waals surface area contributed by atoms with Crippen molar-refractivity contribution in [2.75, 3.05) is 26.8 Å². The van der Waals surface area contributed by atoms with Gasteiger partial charge in [-0.25, -0.2) is 4.98 Å². The molecule has 32 heavy (non-hydrogen) atoms. The van der Waals surface area contributed by atoms with Gasteiger partial charge in [0, 0.05) is 32.0 Å². The van der Waals surface area contributed by atoms with E-state index in [0.717, 1.165) is 30.2 Å². The van der Waals surface area contributed by atoms with Crippen molar-refractivity contribution in [1.29, 1.82) is 0 Å². The summed E-state index contributed by atoms with van der Waals surface area (Å²) in [6, 6.07) is 15.5. The summed E-state index contributed by atoms with van der Waals surface area (Å²) in [5.74, 6) is 2.60. The Kier molecular flexibility index (Phi) is 8.14. The molecule has 7 nitrogen and oxygen atoms in total. The molecule has 1 aromatic heterocycles. The molecule has 0 bridgehead atoms. The maximum absolute atomic E-state index is 13.2. The Morgan fingerprint density at radius 3 is 2.75 bits per heavy atom. The number of carbonyl (C=O) groups excluding carboxylic acids is 1. The number of hydrogen-bond acceptors (Lipinski definition) is 6. The van der Waals surface area contributed by atoms with Crippen LogP contribution < -0.4 is 15.2 Å². The molecular formula is C24H28ClN3O4. The van der Waals surface area contributed by atoms with Crippen LogP contribution in [0.25, 0.3) is 0 Å². The zero-order valence-corrected chi connectivity index (χ0v) is 18.9. The van der Waals surface area contributed by atoms with Gasteiger partial charge in [0.25, 0.3) is 5.91 Å². The zero-order chi connectivity index (χ0) is 21.6. The van der Waals surface area contributed by atoms with E-state index in [0.29, 0.717) is 49.7 Å². The first-order chi connectivity index (χ1) is 15.2. The summed E-state index contributed by atoms with van der Waals surface area (Å²) < 4.78 is 16.9. The van der Waals surface area contributed by atoms with E-state index in [1.807, 2.05) is 18.2 Å². The Labute approximate surface area is 193 Å². The summed E-state index contributed by atoms with van der Waals surface area (Å²) in [5, 5.41) is 0. The van der Waals surface area contributed by atoms with Crippen molar-refractivity contribution < 1.29 is 18.7 Å². The van der Waals surface area contributed by atoms with Crippen molar-refractivity contribution in [3.8, 4) is 11.5 Å². The van der Waals surface area contributed by atoms with Crippen LogP contribution in [0.5, 0.6) is 11.5 Å². The Bertz CT molecular complexity index is 1040. The molecule has 4 rings (SSSR count). The molecule has 0 unspecified atom stereocenters. The second-order valence-corrected chi connectivity index (χ2v) is 7.44. The number of carbonyl (C=O) groups is 1. The van der Waals surface area contributed by atoms with Gasteiger partial charge in [-0.15, -0.1) is 12.4 Å². The Morgan fingerprint density at radius 1 is 1.19 bits per heavy atom. The fourth-order valence-electron chi connectivity index (χ4n) is 3.69. The van der Waals surface area contributed by atoms with E-state index in [4.69, 9.17) is 19.6 Å². The Balaban J connectivity index is 0.00000289. The largest absolute Gasteiger partial charge is 0.497 e. The van der Waals surface area contributed by atoms with Crippen LogP contribution >= 0.6 is 12.4 Å². The molecule has 0 atom stereocenters. The molecule has 2 N–H and O–H groups in total. The number of aromatic nitrogens is 1. The molecule has 0 fully saturated rings. The third-order valence-corrected chi connectivity index (χ3v) is 5.32. The first-order valence-corrected chi connectivity index (χ1v) is 10.5. The Hall–Kier alpha value is -3.03. The number of rotatable bonds is 8. The van der Waals surface area contributed by atoms with Gasteiger partial charge >= 0.3 is 0 Å². The van der Waals surface area contributed by atoms with Gasteiger partial charge < -0.3 is 24.5 Å². The SMILES string of the molecule is COc1ccc(C(=O)N2CCc3oc(CCc4ccccc4)nc3C2)c(OCCN)c1.Cl. The molecule has 0 saturated carbocycles. The third kappa shape index (κ3) is 5.41. The van der Waals surface area contributed by atoms with E-state index in [1.165, 1.54) is 5.56 Å². The number of oxazole rings is 1. The molecule has 3 aromatic rings. The number of halogens is 1. The van der Waals surface area contributed by atoms with Gasteiger partial charge in [-0.1, -0.05) is 30.3 Å².